The van der Waals surface area contributed by atoms with E-state index in [9.17, 15) is 9.59 Å². The van der Waals surface area contributed by atoms with Crippen LogP contribution in [0.15, 0.2) is 34.3 Å². The molecule has 1 rings (SSSR count). The lowest BCUT2D eigenvalue weighted by Crippen LogP contribution is -2.25. The highest BCUT2D eigenvalue weighted by molar-refractivity contribution is 9.10. The summed E-state index contributed by atoms with van der Waals surface area (Å²) in [5.41, 5.74) is 1.24. The van der Waals surface area contributed by atoms with Crippen molar-refractivity contribution in [2.24, 2.45) is 0 Å². The number of hydrogen-bond acceptors (Lipinski definition) is 3. The monoisotopic (exact) mass is 311 g/mol. The summed E-state index contributed by atoms with van der Waals surface area (Å²) in [7, 11) is 1.31. The fourth-order valence-corrected chi connectivity index (χ4v) is 1.71. The number of rotatable bonds is 4. The predicted molar refractivity (Wildman–Crippen MR) is 72.8 cm³/mol. The van der Waals surface area contributed by atoms with E-state index in [2.05, 4.69) is 26.0 Å². The zero-order valence-electron chi connectivity index (χ0n) is 10.2. The topological polar surface area (TPSA) is 55.4 Å². The molecule has 18 heavy (non-hydrogen) atoms. The van der Waals surface area contributed by atoms with Crippen molar-refractivity contribution in [1.29, 1.82) is 0 Å². The van der Waals surface area contributed by atoms with E-state index in [0.717, 1.165) is 10.0 Å². The molecular weight excluding hydrogens is 298 g/mol. The van der Waals surface area contributed by atoms with E-state index in [1.54, 1.807) is 6.08 Å². The van der Waals surface area contributed by atoms with Crippen LogP contribution in [0.3, 0.4) is 0 Å². The Balaban J connectivity index is 2.98. The van der Waals surface area contributed by atoms with E-state index in [0.29, 0.717) is 5.57 Å². The molecule has 1 aromatic carbocycles. The number of ether oxygens (including phenoxy) is 1. The summed E-state index contributed by atoms with van der Waals surface area (Å²) in [6, 6.07) is 7.48. The van der Waals surface area contributed by atoms with Crippen molar-refractivity contribution < 1.29 is 14.3 Å². The van der Waals surface area contributed by atoms with Gasteiger partial charge in [-0.05, 0) is 17.7 Å². The standard InChI is InChI=1S/C13H14BrNO3/c1-9(16)15-8-11(13(17)18-2)7-10-5-3-4-6-12(10)14/h3-7H,8H2,1-2H3,(H,15,16)/b11-7+. The highest BCUT2D eigenvalue weighted by Gasteiger charge is 2.10. The van der Waals surface area contributed by atoms with Crippen LogP contribution in [-0.4, -0.2) is 25.5 Å². The average molecular weight is 312 g/mol. The molecule has 0 bridgehead atoms. The Labute approximate surface area is 114 Å². The first kappa shape index (κ1) is 14.4. The summed E-state index contributed by atoms with van der Waals surface area (Å²) >= 11 is 3.39. The molecule has 0 atom stereocenters. The van der Waals surface area contributed by atoms with Crippen LogP contribution < -0.4 is 5.32 Å². The summed E-state index contributed by atoms with van der Waals surface area (Å²) < 4.78 is 5.55. The number of carbonyl (C=O) groups excluding carboxylic acids is 2. The number of amides is 1. The van der Waals surface area contributed by atoms with Crippen molar-refractivity contribution >= 4 is 33.9 Å². The summed E-state index contributed by atoms with van der Waals surface area (Å²) in [6.45, 7) is 1.54. The molecule has 0 aliphatic rings. The lowest BCUT2D eigenvalue weighted by Gasteiger charge is -2.07. The summed E-state index contributed by atoms with van der Waals surface area (Å²) in [4.78, 5) is 22.5. The van der Waals surface area contributed by atoms with E-state index in [-0.39, 0.29) is 12.5 Å². The van der Waals surface area contributed by atoms with Crippen molar-refractivity contribution in [3.05, 3.63) is 39.9 Å². The molecular formula is C13H14BrNO3. The Morgan fingerprint density at radius 1 is 1.39 bits per heavy atom. The number of halogens is 1. The maximum atomic E-state index is 11.6. The van der Waals surface area contributed by atoms with Crippen molar-refractivity contribution in [2.75, 3.05) is 13.7 Å². The number of nitrogens with one attached hydrogen (secondary N) is 1. The second-order valence-corrected chi connectivity index (χ2v) is 4.45. The predicted octanol–water partition coefficient (Wildman–Crippen LogP) is 2.14. The molecule has 0 aliphatic heterocycles. The van der Waals surface area contributed by atoms with Gasteiger partial charge in [-0.2, -0.15) is 0 Å². The van der Waals surface area contributed by atoms with Gasteiger partial charge >= 0.3 is 5.97 Å². The van der Waals surface area contributed by atoms with Crippen molar-refractivity contribution in [3.8, 4) is 0 Å². The lowest BCUT2D eigenvalue weighted by molar-refractivity contribution is -0.136. The average Bonchev–Trinajstić information content (AvgIpc) is 2.35. The quantitative estimate of drug-likeness (QED) is 0.684. The van der Waals surface area contributed by atoms with Gasteiger partial charge in [-0.3, -0.25) is 4.79 Å². The van der Waals surface area contributed by atoms with Crippen LogP contribution in [0.2, 0.25) is 0 Å². The molecule has 96 valence electrons. The Morgan fingerprint density at radius 3 is 2.61 bits per heavy atom. The number of benzene rings is 1. The summed E-state index contributed by atoms with van der Waals surface area (Å²) in [5.74, 6) is -0.656. The molecule has 0 aliphatic carbocycles. The maximum Gasteiger partial charge on any atom is 0.335 e. The van der Waals surface area contributed by atoms with E-state index in [1.165, 1.54) is 14.0 Å². The van der Waals surface area contributed by atoms with Crippen LogP contribution >= 0.6 is 15.9 Å². The lowest BCUT2D eigenvalue weighted by atomic mass is 10.1. The number of carbonyl (C=O) groups is 2. The van der Waals surface area contributed by atoms with E-state index < -0.39 is 5.97 Å². The van der Waals surface area contributed by atoms with Crippen LogP contribution in [0.1, 0.15) is 12.5 Å². The smallest absolute Gasteiger partial charge is 0.335 e. The highest BCUT2D eigenvalue weighted by atomic mass is 79.9. The highest BCUT2D eigenvalue weighted by Crippen LogP contribution is 2.19. The van der Waals surface area contributed by atoms with Gasteiger partial charge < -0.3 is 10.1 Å². The molecule has 1 N–H and O–H groups in total. The third kappa shape index (κ3) is 4.33. The molecule has 0 spiro atoms. The van der Waals surface area contributed by atoms with Gasteiger partial charge in [0.2, 0.25) is 5.91 Å². The largest absolute Gasteiger partial charge is 0.466 e. The number of methoxy groups -OCH3 is 1. The van der Waals surface area contributed by atoms with Gasteiger partial charge in [0.05, 0.1) is 12.7 Å². The molecule has 0 radical (unpaired) electrons. The molecule has 0 saturated heterocycles. The molecule has 4 nitrogen and oxygen atoms in total. The number of hydrogen-bond donors (Lipinski definition) is 1. The van der Waals surface area contributed by atoms with Gasteiger partial charge in [0.25, 0.3) is 0 Å². The normalized spacial score (nSPS) is 10.9. The first-order chi connectivity index (χ1) is 8.54. The molecule has 1 amide bonds. The molecule has 0 heterocycles. The molecule has 0 aromatic heterocycles. The Kier molecular flexibility index (Phi) is 5.58. The third-order valence-corrected chi connectivity index (χ3v) is 2.93. The van der Waals surface area contributed by atoms with Crippen molar-refractivity contribution in [2.45, 2.75) is 6.92 Å². The van der Waals surface area contributed by atoms with Crippen LogP contribution in [0.4, 0.5) is 0 Å². The van der Waals surface area contributed by atoms with Gasteiger partial charge in [0, 0.05) is 17.9 Å². The van der Waals surface area contributed by atoms with Gasteiger partial charge in [0.15, 0.2) is 0 Å². The minimum Gasteiger partial charge on any atom is -0.466 e. The fraction of sp³-hybridized carbons (Fsp3) is 0.231. The second-order valence-electron chi connectivity index (χ2n) is 3.59. The Morgan fingerprint density at radius 2 is 2.06 bits per heavy atom. The van der Waals surface area contributed by atoms with Crippen LogP contribution in [0.25, 0.3) is 6.08 Å². The number of esters is 1. The van der Waals surface area contributed by atoms with Crippen LogP contribution in [0, 0.1) is 0 Å². The first-order valence-electron chi connectivity index (χ1n) is 5.32. The SMILES string of the molecule is COC(=O)/C(=C/c1ccccc1Br)CNC(C)=O. The van der Waals surface area contributed by atoms with Crippen molar-refractivity contribution in [3.63, 3.8) is 0 Å². The maximum absolute atomic E-state index is 11.6. The zero-order chi connectivity index (χ0) is 13.5. The first-order valence-corrected chi connectivity index (χ1v) is 6.11. The second kappa shape index (κ2) is 6.96. The van der Waals surface area contributed by atoms with E-state index in [4.69, 9.17) is 0 Å². The fourth-order valence-electron chi connectivity index (χ4n) is 1.31. The Bertz CT molecular complexity index is 483. The minimum atomic E-state index is -0.459. The zero-order valence-corrected chi connectivity index (χ0v) is 11.8. The van der Waals surface area contributed by atoms with Gasteiger partial charge in [0.1, 0.15) is 0 Å². The minimum absolute atomic E-state index is 0.142. The summed E-state index contributed by atoms with van der Waals surface area (Å²) in [6.07, 6.45) is 1.69. The van der Waals surface area contributed by atoms with E-state index >= 15 is 0 Å². The van der Waals surface area contributed by atoms with Gasteiger partial charge in [-0.25, -0.2) is 4.79 Å². The third-order valence-electron chi connectivity index (χ3n) is 2.21. The molecule has 1 aromatic rings. The van der Waals surface area contributed by atoms with Crippen molar-refractivity contribution in [1.82, 2.24) is 5.32 Å². The van der Waals surface area contributed by atoms with Crippen LogP contribution in [0.5, 0.6) is 0 Å². The molecule has 0 fully saturated rings. The molecule has 0 unspecified atom stereocenters. The Hall–Kier alpha value is -1.62. The van der Waals surface area contributed by atoms with E-state index in [1.807, 2.05) is 24.3 Å². The molecule has 0 saturated carbocycles. The summed E-state index contributed by atoms with van der Waals surface area (Å²) in [5, 5.41) is 2.58. The van der Waals surface area contributed by atoms with Gasteiger partial charge in [-0.1, -0.05) is 34.1 Å². The van der Waals surface area contributed by atoms with Gasteiger partial charge in [-0.15, -0.1) is 0 Å². The van der Waals surface area contributed by atoms with Crippen LogP contribution in [-0.2, 0) is 14.3 Å². The molecule has 5 heteroatoms.